The minimum Gasteiger partial charge on any atom is -0.482 e. The van der Waals surface area contributed by atoms with Crippen molar-refractivity contribution in [1.29, 1.82) is 0 Å². The van der Waals surface area contributed by atoms with Gasteiger partial charge in [0.2, 0.25) is 7.51 Å². The molecule has 0 atom stereocenters. The van der Waals surface area contributed by atoms with Gasteiger partial charge in [-0.3, -0.25) is 4.46 Å². The molecule has 88 valence electrons. The standard InChI is InChI=1S/C6H17N4O3PSi/c1-8(2)14(9(3)4)7-13-15(11)12-6-10(14)5/h6H2,1-5H3. The van der Waals surface area contributed by atoms with Crippen LogP contribution in [0.1, 0.15) is 0 Å². The van der Waals surface area contributed by atoms with E-state index in [0.29, 0.717) is 0 Å². The Kier molecular flexibility index (Phi) is 4.02. The molecule has 15 heavy (non-hydrogen) atoms. The molecule has 7 nitrogen and oxygen atoms in total. The molecule has 0 N–H and O–H groups in total. The summed E-state index contributed by atoms with van der Waals surface area (Å²) < 4.78 is 26.9. The zero-order valence-corrected chi connectivity index (χ0v) is 11.6. The zero-order chi connectivity index (χ0) is 11.6. The summed E-state index contributed by atoms with van der Waals surface area (Å²) in [5, 5.41) is 0. The maximum absolute atomic E-state index is 11.2. The highest BCUT2D eigenvalue weighted by atomic mass is 31.2. The number of hydrogen-bond acceptors (Lipinski definition) is 7. The average Bonchev–Trinajstić information content (AvgIpc) is 2.27. The second-order valence-electron chi connectivity index (χ2n) is 3.59. The van der Waals surface area contributed by atoms with E-state index < -0.39 is 16.7 Å². The maximum atomic E-state index is 11.2. The number of nitrogens with zero attached hydrogens (tertiary/aromatic N) is 4. The minimum absolute atomic E-state index is 0.255. The molecule has 0 spiro atoms. The van der Waals surface area contributed by atoms with Gasteiger partial charge in [0.25, 0.3) is 0 Å². The van der Waals surface area contributed by atoms with Crippen molar-refractivity contribution in [1.82, 2.24) is 14.0 Å². The summed E-state index contributed by atoms with van der Waals surface area (Å²) in [6.45, 7) is 0.255. The van der Waals surface area contributed by atoms with Crippen molar-refractivity contribution in [3.8, 4) is 0 Å². The SMILES string of the molecule is CN(C)P1(N(C)C)=NO[Si](=O)OCN1C. The highest BCUT2D eigenvalue weighted by Crippen LogP contribution is 2.56. The molecular formula is C6H17N4O3PSi. The molecule has 9 heteroatoms. The van der Waals surface area contributed by atoms with Crippen molar-refractivity contribution >= 4 is 16.7 Å². The van der Waals surface area contributed by atoms with E-state index in [9.17, 15) is 4.46 Å². The van der Waals surface area contributed by atoms with Gasteiger partial charge in [-0.1, -0.05) is 4.91 Å². The molecule has 1 heterocycles. The Morgan fingerprint density at radius 2 is 1.87 bits per heavy atom. The third-order valence-corrected chi connectivity index (χ3v) is 6.36. The molecule has 0 aromatic rings. The summed E-state index contributed by atoms with van der Waals surface area (Å²) in [5.41, 5.74) is 0. The molecule has 1 rings (SSSR count). The molecule has 0 bridgehead atoms. The van der Waals surface area contributed by atoms with Crippen LogP contribution >= 0.6 is 7.51 Å². The van der Waals surface area contributed by atoms with E-state index >= 15 is 0 Å². The fraction of sp³-hybridized carbons (Fsp3) is 1.00. The molecule has 0 aromatic carbocycles. The molecule has 0 aromatic heterocycles. The van der Waals surface area contributed by atoms with Crippen LogP contribution in [0.4, 0.5) is 0 Å². The summed E-state index contributed by atoms with van der Waals surface area (Å²) in [6, 6.07) is 0. The van der Waals surface area contributed by atoms with Crippen molar-refractivity contribution in [3.05, 3.63) is 0 Å². The van der Waals surface area contributed by atoms with Crippen molar-refractivity contribution in [2.45, 2.75) is 0 Å². The highest BCUT2D eigenvalue weighted by Gasteiger charge is 2.36. The molecule has 0 amide bonds. The van der Waals surface area contributed by atoms with Crippen molar-refractivity contribution in [2.24, 2.45) is 4.91 Å². The van der Waals surface area contributed by atoms with Crippen LogP contribution < -0.4 is 0 Å². The van der Waals surface area contributed by atoms with Crippen molar-refractivity contribution in [3.63, 3.8) is 0 Å². The first-order valence-electron chi connectivity index (χ1n) is 4.44. The van der Waals surface area contributed by atoms with E-state index in [4.69, 9.17) is 8.95 Å². The van der Waals surface area contributed by atoms with Gasteiger partial charge >= 0.3 is 9.17 Å². The third kappa shape index (κ3) is 2.29. The van der Waals surface area contributed by atoms with E-state index in [1.165, 1.54) is 0 Å². The average molecular weight is 252 g/mol. The topological polar surface area (TPSA) is 57.6 Å². The summed E-state index contributed by atoms with van der Waals surface area (Å²) in [4.78, 5) is 4.11. The Labute approximate surface area is 91.6 Å². The van der Waals surface area contributed by atoms with Gasteiger partial charge in [0.15, 0.2) is 0 Å². The van der Waals surface area contributed by atoms with E-state index in [2.05, 4.69) is 4.91 Å². The second-order valence-corrected chi connectivity index (χ2v) is 8.08. The number of rotatable bonds is 2. The van der Waals surface area contributed by atoms with Crippen molar-refractivity contribution < 1.29 is 13.4 Å². The fourth-order valence-corrected chi connectivity index (χ4v) is 5.25. The Balaban J connectivity index is 3.17. The first-order chi connectivity index (χ1) is 6.91. The number of hydrogen-bond donors (Lipinski definition) is 0. The molecular weight excluding hydrogens is 235 g/mol. The first-order valence-corrected chi connectivity index (χ1v) is 7.26. The van der Waals surface area contributed by atoms with Crippen LogP contribution in [-0.4, -0.2) is 65.2 Å². The summed E-state index contributed by atoms with van der Waals surface area (Å²) in [6.07, 6.45) is 0. The first kappa shape index (κ1) is 12.8. The third-order valence-electron chi connectivity index (χ3n) is 2.13. The summed E-state index contributed by atoms with van der Waals surface area (Å²) in [7, 11) is 4.96. The van der Waals surface area contributed by atoms with E-state index in [0.717, 1.165) is 0 Å². The molecule has 0 fully saturated rings. The highest BCUT2D eigenvalue weighted by molar-refractivity contribution is 7.58. The normalized spacial score (nSPS) is 21.9. The molecule has 0 radical (unpaired) electrons. The van der Waals surface area contributed by atoms with Crippen LogP contribution in [0.5, 0.6) is 0 Å². The van der Waals surface area contributed by atoms with Gasteiger partial charge in [0, 0.05) is 0 Å². The van der Waals surface area contributed by atoms with E-state index in [1.807, 2.05) is 49.2 Å². The Bertz CT molecular complexity index is 297. The van der Waals surface area contributed by atoms with Crippen LogP contribution in [0.15, 0.2) is 4.91 Å². The van der Waals surface area contributed by atoms with E-state index in [-0.39, 0.29) is 6.73 Å². The van der Waals surface area contributed by atoms with Gasteiger partial charge in [0.05, 0.1) is 0 Å². The predicted molar refractivity (Wildman–Crippen MR) is 58.0 cm³/mol. The van der Waals surface area contributed by atoms with Crippen molar-refractivity contribution in [2.75, 3.05) is 42.0 Å². The monoisotopic (exact) mass is 252 g/mol. The zero-order valence-electron chi connectivity index (χ0n) is 9.67. The van der Waals surface area contributed by atoms with Crippen LogP contribution in [-0.2, 0) is 13.4 Å². The van der Waals surface area contributed by atoms with Crippen LogP contribution in [0.3, 0.4) is 0 Å². The Morgan fingerprint density at radius 1 is 1.33 bits per heavy atom. The fourth-order valence-electron chi connectivity index (χ4n) is 1.51. The van der Waals surface area contributed by atoms with Gasteiger partial charge in [-0.25, -0.2) is 14.0 Å². The van der Waals surface area contributed by atoms with Gasteiger partial charge in [-0.2, -0.15) is 0 Å². The molecule has 0 aliphatic carbocycles. The lowest BCUT2D eigenvalue weighted by atomic mass is 11.2. The smallest absolute Gasteiger partial charge is 0.482 e. The lowest BCUT2D eigenvalue weighted by Crippen LogP contribution is -2.33. The maximum Gasteiger partial charge on any atom is 0.796 e. The Morgan fingerprint density at radius 3 is 2.33 bits per heavy atom. The predicted octanol–water partition coefficient (Wildman–Crippen LogP) is 0.322. The van der Waals surface area contributed by atoms with Gasteiger partial charge < -0.3 is 8.95 Å². The lowest BCUT2D eigenvalue weighted by Gasteiger charge is -2.39. The van der Waals surface area contributed by atoms with Crippen LogP contribution in [0.25, 0.3) is 0 Å². The van der Waals surface area contributed by atoms with Gasteiger partial charge in [-0.15, -0.1) is 0 Å². The minimum atomic E-state index is -2.48. The molecule has 0 saturated carbocycles. The Hall–Kier alpha value is -0.273. The molecule has 0 unspecified atom stereocenters. The van der Waals surface area contributed by atoms with Gasteiger partial charge in [0.1, 0.15) is 6.73 Å². The van der Waals surface area contributed by atoms with Crippen LogP contribution in [0.2, 0.25) is 0 Å². The van der Waals surface area contributed by atoms with Gasteiger partial charge in [-0.05, 0) is 35.2 Å². The van der Waals surface area contributed by atoms with E-state index in [1.54, 1.807) is 0 Å². The second kappa shape index (κ2) is 4.71. The summed E-state index contributed by atoms with van der Waals surface area (Å²) in [5.74, 6) is 0. The largest absolute Gasteiger partial charge is 0.796 e. The molecule has 0 saturated heterocycles. The molecule has 1 aliphatic heterocycles. The molecule has 1 aliphatic rings. The summed E-state index contributed by atoms with van der Waals surface area (Å²) >= 11 is 0. The quantitative estimate of drug-likeness (QED) is 0.521. The van der Waals surface area contributed by atoms with Crippen LogP contribution in [0, 0.1) is 0 Å². The lowest BCUT2D eigenvalue weighted by molar-refractivity contribution is 0.152.